The van der Waals surface area contributed by atoms with Gasteiger partial charge in [-0.15, -0.1) is 6.42 Å². The predicted octanol–water partition coefficient (Wildman–Crippen LogP) is 0.524. The first-order valence-electron chi connectivity index (χ1n) is 4.74. The van der Waals surface area contributed by atoms with Crippen molar-refractivity contribution in [3.63, 3.8) is 0 Å². The smallest absolute Gasteiger partial charge is 0.296 e. The molecule has 96 valence electrons. The number of hydrogen-bond donors (Lipinski definition) is 1. The van der Waals surface area contributed by atoms with Crippen LogP contribution in [0.5, 0.6) is 0 Å². The first kappa shape index (κ1) is 14.2. The molecule has 0 saturated carbocycles. The Labute approximate surface area is 104 Å². The molecule has 0 bridgehead atoms. The van der Waals surface area contributed by atoms with Crippen LogP contribution in [0, 0.1) is 18.2 Å². The van der Waals surface area contributed by atoms with Crippen molar-refractivity contribution >= 4 is 16.0 Å². The molecule has 0 heterocycles. The fourth-order valence-electron chi connectivity index (χ4n) is 1.16. The van der Waals surface area contributed by atoms with Gasteiger partial charge in [-0.25, -0.2) is 4.39 Å². The largest absolute Gasteiger partial charge is 0.341 e. The summed E-state index contributed by atoms with van der Waals surface area (Å²) in [6.07, 6.45) is 4.94. The van der Waals surface area contributed by atoms with Gasteiger partial charge >= 0.3 is 0 Å². The minimum atomic E-state index is -3.98. The normalized spacial score (nSPS) is 10.7. The van der Waals surface area contributed by atoms with E-state index in [0.29, 0.717) is 0 Å². The summed E-state index contributed by atoms with van der Waals surface area (Å²) in [5, 5.41) is 2.24. The minimum absolute atomic E-state index is 0.0838. The maximum absolute atomic E-state index is 13.4. The van der Waals surface area contributed by atoms with Gasteiger partial charge in [-0.05, 0) is 18.2 Å². The lowest BCUT2D eigenvalue weighted by Gasteiger charge is -2.06. The molecular weight excluding hydrogens is 261 g/mol. The van der Waals surface area contributed by atoms with Crippen LogP contribution in [0.15, 0.2) is 23.1 Å². The second kappa shape index (κ2) is 5.62. The van der Waals surface area contributed by atoms with Crippen molar-refractivity contribution in [3.8, 4) is 12.3 Å². The Hall–Kier alpha value is -1.91. The third-order valence-corrected chi connectivity index (χ3v) is 3.31. The maximum atomic E-state index is 13.4. The SMILES string of the molecule is C#CCNC(=O)c1cc(S(=O)(=O)OC)ccc1F. The molecule has 1 amide bonds. The van der Waals surface area contributed by atoms with E-state index in [-0.39, 0.29) is 11.4 Å². The molecule has 0 aromatic heterocycles. The van der Waals surface area contributed by atoms with Crippen molar-refractivity contribution in [1.82, 2.24) is 5.32 Å². The molecule has 5 nitrogen and oxygen atoms in total. The van der Waals surface area contributed by atoms with E-state index in [1.807, 2.05) is 0 Å². The molecule has 7 heteroatoms. The molecule has 18 heavy (non-hydrogen) atoms. The summed E-state index contributed by atoms with van der Waals surface area (Å²) in [4.78, 5) is 11.2. The molecule has 0 unspecified atom stereocenters. The predicted molar refractivity (Wildman–Crippen MR) is 61.8 cm³/mol. The molecule has 0 radical (unpaired) electrons. The molecule has 1 N–H and O–H groups in total. The number of nitrogens with one attached hydrogen (secondary N) is 1. The first-order valence-corrected chi connectivity index (χ1v) is 6.15. The van der Waals surface area contributed by atoms with Crippen molar-refractivity contribution in [2.24, 2.45) is 0 Å². The van der Waals surface area contributed by atoms with Gasteiger partial charge in [0.2, 0.25) is 0 Å². The zero-order chi connectivity index (χ0) is 13.8. The lowest BCUT2D eigenvalue weighted by Crippen LogP contribution is -2.24. The van der Waals surface area contributed by atoms with Gasteiger partial charge in [0, 0.05) is 0 Å². The molecule has 0 saturated heterocycles. The van der Waals surface area contributed by atoms with Gasteiger partial charge in [0.25, 0.3) is 16.0 Å². The summed E-state index contributed by atoms with van der Waals surface area (Å²) in [6, 6.07) is 2.77. The van der Waals surface area contributed by atoms with Crippen LogP contribution in [0.2, 0.25) is 0 Å². The Kier molecular flexibility index (Phi) is 4.42. The highest BCUT2D eigenvalue weighted by molar-refractivity contribution is 7.86. The van der Waals surface area contributed by atoms with Crippen LogP contribution >= 0.6 is 0 Å². The number of rotatable bonds is 4. The van der Waals surface area contributed by atoms with Gasteiger partial charge in [-0.1, -0.05) is 5.92 Å². The average molecular weight is 271 g/mol. The summed E-state index contributed by atoms with van der Waals surface area (Å²) >= 11 is 0. The Morgan fingerprint density at radius 2 is 2.22 bits per heavy atom. The zero-order valence-corrected chi connectivity index (χ0v) is 10.3. The number of halogens is 1. The zero-order valence-electron chi connectivity index (χ0n) is 9.44. The number of carbonyl (C=O) groups excluding carboxylic acids is 1. The third kappa shape index (κ3) is 3.06. The van der Waals surface area contributed by atoms with Crippen LogP contribution in [0.3, 0.4) is 0 Å². The summed E-state index contributed by atoms with van der Waals surface area (Å²) in [5.74, 6) is 0.506. The molecule has 0 aliphatic carbocycles. The average Bonchev–Trinajstić information content (AvgIpc) is 2.36. The van der Waals surface area contributed by atoms with Gasteiger partial charge < -0.3 is 5.32 Å². The van der Waals surface area contributed by atoms with E-state index < -0.39 is 27.4 Å². The highest BCUT2D eigenvalue weighted by Crippen LogP contribution is 2.16. The maximum Gasteiger partial charge on any atom is 0.296 e. The number of benzene rings is 1. The van der Waals surface area contributed by atoms with Gasteiger partial charge in [-0.3, -0.25) is 8.98 Å². The van der Waals surface area contributed by atoms with Gasteiger partial charge in [0.15, 0.2) is 0 Å². The van der Waals surface area contributed by atoms with Gasteiger partial charge in [0.05, 0.1) is 24.1 Å². The Bertz CT molecular complexity index is 604. The van der Waals surface area contributed by atoms with Crippen LogP contribution in [0.25, 0.3) is 0 Å². The summed E-state index contributed by atoms with van der Waals surface area (Å²) < 4.78 is 40.4. The monoisotopic (exact) mass is 271 g/mol. The van der Waals surface area contributed by atoms with E-state index in [1.165, 1.54) is 0 Å². The highest BCUT2D eigenvalue weighted by atomic mass is 32.2. The second-order valence-corrected chi connectivity index (χ2v) is 4.86. The van der Waals surface area contributed by atoms with E-state index in [1.54, 1.807) is 0 Å². The summed E-state index contributed by atoms with van der Waals surface area (Å²) in [7, 11) is -3.01. The van der Waals surface area contributed by atoms with E-state index in [9.17, 15) is 17.6 Å². The number of hydrogen-bond acceptors (Lipinski definition) is 4. The summed E-state index contributed by atoms with van der Waals surface area (Å²) in [5.41, 5.74) is -0.414. The van der Waals surface area contributed by atoms with E-state index in [0.717, 1.165) is 25.3 Å². The highest BCUT2D eigenvalue weighted by Gasteiger charge is 2.18. The Balaban J connectivity index is 3.18. The molecule has 0 aliphatic heterocycles. The second-order valence-electron chi connectivity index (χ2n) is 3.15. The molecule has 1 aromatic rings. The first-order chi connectivity index (χ1) is 8.42. The number of terminal acetylenes is 1. The molecular formula is C11H10FNO4S. The topological polar surface area (TPSA) is 72.5 Å². The van der Waals surface area contributed by atoms with Crippen molar-refractivity contribution in [3.05, 3.63) is 29.6 Å². The number of amides is 1. The van der Waals surface area contributed by atoms with E-state index in [2.05, 4.69) is 15.4 Å². The quantitative estimate of drug-likeness (QED) is 0.640. The lowest BCUT2D eigenvalue weighted by molar-refractivity contribution is 0.0954. The van der Waals surface area contributed by atoms with E-state index in [4.69, 9.17) is 6.42 Å². The lowest BCUT2D eigenvalue weighted by atomic mass is 10.2. The Morgan fingerprint density at radius 1 is 1.56 bits per heavy atom. The molecule has 0 aliphatic rings. The van der Waals surface area contributed by atoms with Gasteiger partial charge in [-0.2, -0.15) is 8.42 Å². The third-order valence-electron chi connectivity index (χ3n) is 2.04. The van der Waals surface area contributed by atoms with Crippen LogP contribution in [-0.2, 0) is 14.3 Å². The summed E-state index contributed by atoms with van der Waals surface area (Å²) in [6.45, 7) is -0.0838. The number of carbonyl (C=O) groups is 1. The molecule has 1 aromatic carbocycles. The standard InChI is InChI=1S/C11H10FNO4S/c1-3-6-13-11(14)9-7-8(4-5-10(9)12)18(15,16)17-2/h1,4-5,7H,6H2,2H3,(H,13,14). The van der Waals surface area contributed by atoms with Crippen molar-refractivity contribution in [2.75, 3.05) is 13.7 Å². The van der Waals surface area contributed by atoms with Crippen molar-refractivity contribution in [2.45, 2.75) is 4.90 Å². The molecule has 0 atom stereocenters. The van der Waals surface area contributed by atoms with Crippen molar-refractivity contribution < 1.29 is 21.8 Å². The van der Waals surface area contributed by atoms with Gasteiger partial charge in [0.1, 0.15) is 5.82 Å². The molecule has 1 rings (SSSR count). The van der Waals surface area contributed by atoms with Crippen LogP contribution < -0.4 is 5.32 Å². The molecule has 0 fully saturated rings. The van der Waals surface area contributed by atoms with E-state index >= 15 is 0 Å². The molecule has 0 spiro atoms. The van der Waals surface area contributed by atoms with Crippen molar-refractivity contribution in [1.29, 1.82) is 0 Å². The fraction of sp³-hybridized carbons (Fsp3) is 0.182. The Morgan fingerprint density at radius 3 is 2.78 bits per heavy atom. The minimum Gasteiger partial charge on any atom is -0.341 e. The van der Waals surface area contributed by atoms with Crippen LogP contribution in [-0.4, -0.2) is 28.0 Å². The van der Waals surface area contributed by atoms with Crippen LogP contribution in [0.1, 0.15) is 10.4 Å². The van der Waals surface area contributed by atoms with Crippen LogP contribution in [0.4, 0.5) is 4.39 Å². The fourth-order valence-corrected chi connectivity index (χ4v) is 1.85.